The van der Waals surface area contributed by atoms with Gasteiger partial charge in [0.1, 0.15) is 6.49 Å². The first-order valence-corrected chi connectivity index (χ1v) is 3.24. The smallest absolute Gasteiger partial charge is 0.122 e. The maximum absolute atomic E-state index is 10.1. The predicted octanol–water partition coefficient (Wildman–Crippen LogP) is -3.70. The summed E-state index contributed by atoms with van der Waals surface area (Å²) in [6.45, 7) is -0.735. The summed E-state index contributed by atoms with van der Waals surface area (Å²) in [5.41, 5.74) is 0. The van der Waals surface area contributed by atoms with E-state index < -0.39 is 19.3 Å². The molecule has 38 valence electrons. The normalized spacial score (nSPS) is 8.00. The molecule has 0 spiro atoms. The van der Waals surface area contributed by atoms with Crippen molar-refractivity contribution in [1.82, 2.24) is 0 Å². The van der Waals surface area contributed by atoms with Crippen molar-refractivity contribution in [3.8, 4) is 0 Å². The first-order chi connectivity index (χ1) is 5.13. The highest BCUT2D eigenvalue weighted by molar-refractivity contribution is 7.92. The molecular formula is CHB9O. The molecule has 10 radical (unpaired) electrons. The van der Waals surface area contributed by atoms with Crippen LogP contribution in [-0.4, -0.2) is 70.5 Å². The largest absolute Gasteiger partial charge is 0.316 e. The maximum atomic E-state index is 10.1. The van der Waals surface area contributed by atoms with Crippen molar-refractivity contribution in [3.63, 3.8) is 0 Å². The first-order valence-electron chi connectivity index (χ1n) is 3.24. The Morgan fingerprint density at radius 2 is 1.82 bits per heavy atom. The monoisotopic (exact) mass is 128 g/mol. The van der Waals surface area contributed by atoms with Gasteiger partial charge in [-0.3, -0.25) is 0 Å². The Hall–Kier alpha value is 0.254. The van der Waals surface area contributed by atoms with Gasteiger partial charge in [-0.1, -0.05) is 0 Å². The van der Waals surface area contributed by atoms with Gasteiger partial charge in [-0.15, -0.1) is 0 Å². The van der Waals surface area contributed by atoms with E-state index in [0.29, 0.717) is 6.19 Å². The zero-order valence-corrected chi connectivity index (χ0v) is 6.18. The molecule has 0 rings (SSSR count). The minimum absolute atomic E-state index is 0.472. The molecule has 0 fully saturated rings. The molecule has 0 aromatic heterocycles. The molecule has 0 aliphatic heterocycles. The Morgan fingerprint density at radius 1 is 1.27 bits per heavy atom. The predicted molar refractivity (Wildman–Crippen MR) is 58.5 cm³/mol. The van der Waals surface area contributed by atoms with Crippen LogP contribution in [0.25, 0.3) is 0 Å². The Morgan fingerprint density at radius 3 is 2.18 bits per heavy atom. The lowest BCUT2D eigenvalue weighted by atomic mass is 8.66. The van der Waals surface area contributed by atoms with Crippen LogP contribution in [0.5, 0.6) is 0 Å². The van der Waals surface area contributed by atoms with Gasteiger partial charge < -0.3 is 4.79 Å². The second kappa shape index (κ2) is 5.85. The summed E-state index contributed by atoms with van der Waals surface area (Å²) in [7, 11) is 24.1. The van der Waals surface area contributed by atoms with Crippen LogP contribution in [0.15, 0.2) is 0 Å². The molecule has 0 saturated carbocycles. The number of hydrogen-bond acceptors (Lipinski definition) is 1. The highest BCUT2D eigenvalue weighted by Gasteiger charge is 2.22. The highest BCUT2D eigenvalue weighted by Crippen LogP contribution is 1.82. The van der Waals surface area contributed by atoms with Crippen LogP contribution in [-0.2, 0) is 4.79 Å². The van der Waals surface area contributed by atoms with E-state index in [2.05, 4.69) is 0 Å². The van der Waals surface area contributed by atoms with E-state index in [9.17, 15) is 4.79 Å². The van der Waals surface area contributed by atoms with Crippen LogP contribution >= 0.6 is 0 Å². The lowest BCUT2D eigenvalue weighted by molar-refractivity contribution is 0.568. The zero-order valence-electron chi connectivity index (χ0n) is 6.18. The summed E-state index contributed by atoms with van der Waals surface area (Å²) >= 11 is 0. The van der Waals surface area contributed by atoms with E-state index >= 15 is 0 Å². The van der Waals surface area contributed by atoms with Crippen LogP contribution in [0, 0.1) is 0 Å². The van der Waals surface area contributed by atoms with Crippen molar-refractivity contribution in [2.45, 2.75) is 0 Å². The van der Waals surface area contributed by atoms with E-state index in [1.807, 2.05) is 0 Å². The second-order valence-corrected chi connectivity index (χ2v) is 2.25. The first kappa shape index (κ1) is 11.3. The highest BCUT2D eigenvalue weighted by atomic mass is 16.1. The van der Waals surface area contributed by atoms with Gasteiger partial charge in [0.2, 0.25) is 0 Å². The summed E-state index contributed by atoms with van der Waals surface area (Å²) in [6, 6.07) is 0. The number of carbonyl (C=O) groups is 1. The molecule has 0 amide bonds. The van der Waals surface area contributed by atoms with E-state index in [-0.39, 0.29) is 0 Å². The fourth-order valence-electron chi connectivity index (χ4n) is 0.604. The second-order valence-electron chi connectivity index (χ2n) is 2.25. The van der Waals surface area contributed by atoms with Gasteiger partial charge in [-0.05, 0) is 0 Å². The Kier molecular flexibility index (Phi) is 5.98. The standard InChI is InChI=1S/CHB9O/c2-6-7-9(4)10(5)8(3)1-11/h1H. The van der Waals surface area contributed by atoms with Gasteiger partial charge >= 0.3 is 0 Å². The minimum Gasteiger partial charge on any atom is -0.316 e. The third-order valence-electron chi connectivity index (χ3n) is 1.38. The quantitative estimate of drug-likeness (QED) is 0.274. The molecule has 0 heterocycles. The van der Waals surface area contributed by atoms with Crippen molar-refractivity contribution in [2.24, 2.45) is 0 Å². The van der Waals surface area contributed by atoms with Gasteiger partial charge in [-0.25, -0.2) is 0 Å². The van der Waals surface area contributed by atoms with Crippen LogP contribution in [0.3, 0.4) is 0 Å². The minimum atomic E-state index is -0.735. The van der Waals surface area contributed by atoms with Crippen molar-refractivity contribution in [1.29, 1.82) is 0 Å². The summed E-state index contributed by atoms with van der Waals surface area (Å²) in [6.07, 6.45) is -0.484. The summed E-state index contributed by atoms with van der Waals surface area (Å²) in [5.74, 6) is 0. The molecule has 0 aliphatic carbocycles. The van der Waals surface area contributed by atoms with E-state index in [1.54, 1.807) is 0 Å². The average Bonchev–Trinajstić information content (AvgIpc) is 2.02. The average molecular weight is 126 g/mol. The molecule has 0 unspecified atom stereocenters. The topological polar surface area (TPSA) is 17.1 Å². The lowest BCUT2D eigenvalue weighted by Gasteiger charge is -2.16. The Bertz CT molecular complexity index is 114. The van der Waals surface area contributed by atoms with Crippen molar-refractivity contribution in [3.05, 3.63) is 0 Å². The molecule has 10 heteroatoms. The molecule has 0 saturated heterocycles. The number of hydrogen-bond donors (Lipinski definition) is 0. The Labute approximate surface area is 75.8 Å². The number of rotatable bonds is 5. The van der Waals surface area contributed by atoms with Crippen molar-refractivity contribution < 1.29 is 4.79 Å². The van der Waals surface area contributed by atoms with E-state index in [4.69, 9.17) is 30.9 Å². The molecule has 0 aromatic rings. The number of carbonyl (C=O) groups excluding carboxylic acids is 1. The van der Waals surface area contributed by atoms with Gasteiger partial charge in [0.15, 0.2) is 0 Å². The maximum Gasteiger partial charge on any atom is 0.122 e. The van der Waals surface area contributed by atoms with Gasteiger partial charge in [-0.2, -0.15) is 0 Å². The third kappa shape index (κ3) is 3.98. The summed E-state index contributed by atoms with van der Waals surface area (Å²) in [4.78, 5) is 10.1. The fraction of sp³-hybridized carbons (Fsp3) is 0. The van der Waals surface area contributed by atoms with Crippen LogP contribution < -0.4 is 0 Å². The molecule has 0 atom stereocenters. The van der Waals surface area contributed by atoms with Gasteiger partial charge in [0.05, 0.1) is 6.19 Å². The van der Waals surface area contributed by atoms with Gasteiger partial charge in [0.25, 0.3) is 0 Å². The molecule has 11 heavy (non-hydrogen) atoms. The molecule has 0 N–H and O–H groups in total. The summed E-state index contributed by atoms with van der Waals surface area (Å²) < 4.78 is 0. The molecule has 0 aromatic carbocycles. The molecule has 1 nitrogen and oxygen atoms in total. The van der Waals surface area contributed by atoms with Crippen LogP contribution in [0.4, 0.5) is 0 Å². The fourth-order valence-corrected chi connectivity index (χ4v) is 0.604. The molecule has 0 aliphatic rings. The van der Waals surface area contributed by atoms with E-state index in [1.165, 1.54) is 14.1 Å². The van der Waals surface area contributed by atoms with E-state index in [0.717, 1.165) is 0 Å². The van der Waals surface area contributed by atoms with Crippen molar-refractivity contribution >= 4 is 70.5 Å². The third-order valence-corrected chi connectivity index (χ3v) is 1.38. The molecular weight excluding hydrogens is 125 g/mol. The Balaban J connectivity index is 3.79. The van der Waals surface area contributed by atoms with Gasteiger partial charge in [0, 0.05) is 57.8 Å². The SMILES string of the molecule is [B][B][B]B([B])B([B])B([B])C=O. The lowest BCUT2D eigenvalue weighted by Crippen LogP contribution is -2.56. The van der Waals surface area contributed by atoms with Crippen LogP contribution in [0.2, 0.25) is 0 Å². The molecule has 0 bridgehead atoms. The zero-order chi connectivity index (χ0) is 8.85. The van der Waals surface area contributed by atoms with Crippen molar-refractivity contribution in [2.75, 3.05) is 0 Å². The summed E-state index contributed by atoms with van der Waals surface area (Å²) in [5, 5.41) is 0. The van der Waals surface area contributed by atoms with Crippen LogP contribution in [0.1, 0.15) is 0 Å².